The average molecular weight is 382 g/mol. The van der Waals surface area contributed by atoms with Crippen molar-refractivity contribution in [2.45, 2.75) is 6.54 Å². The van der Waals surface area contributed by atoms with Crippen molar-refractivity contribution in [2.75, 3.05) is 25.2 Å². The summed E-state index contributed by atoms with van der Waals surface area (Å²) in [5.41, 5.74) is 1.82. The molecule has 27 heavy (non-hydrogen) atoms. The molecule has 1 aliphatic rings. The van der Waals surface area contributed by atoms with Gasteiger partial charge >= 0.3 is 0 Å². The number of carbonyl (C=O) groups excluding carboxylic acids is 1. The van der Waals surface area contributed by atoms with Crippen LogP contribution in [0.2, 0.25) is 0 Å². The van der Waals surface area contributed by atoms with Crippen LogP contribution < -0.4 is 9.64 Å². The number of thiazole rings is 1. The van der Waals surface area contributed by atoms with E-state index in [1.165, 1.54) is 17.6 Å². The van der Waals surface area contributed by atoms with Crippen LogP contribution >= 0.6 is 11.3 Å². The van der Waals surface area contributed by atoms with Crippen LogP contribution in [-0.4, -0.2) is 31.2 Å². The summed E-state index contributed by atoms with van der Waals surface area (Å²) in [5.74, 6) is 0.670. The number of hydrogen-bond acceptors (Lipinski definition) is 6. The molecular weight excluding hydrogens is 364 g/mol. The molecule has 3 aromatic rings. The number of hydrogen-bond donors (Lipinski definition) is 0. The van der Waals surface area contributed by atoms with E-state index in [1.54, 1.807) is 12.0 Å². The second kappa shape index (κ2) is 7.67. The predicted octanol–water partition coefficient (Wildman–Crippen LogP) is 3.73. The van der Waals surface area contributed by atoms with E-state index in [2.05, 4.69) is 4.98 Å². The molecular formula is C20H18N2O4S. The van der Waals surface area contributed by atoms with Crippen LogP contribution in [0.3, 0.4) is 0 Å². The highest BCUT2D eigenvalue weighted by Crippen LogP contribution is 2.33. The molecule has 0 saturated heterocycles. The number of rotatable bonds is 5. The van der Waals surface area contributed by atoms with Gasteiger partial charge in [-0.1, -0.05) is 41.7 Å². The van der Waals surface area contributed by atoms with Crippen molar-refractivity contribution in [3.05, 3.63) is 66.1 Å². The molecule has 7 heteroatoms. The Morgan fingerprint density at radius 1 is 1.22 bits per heavy atom. The number of anilines is 1. The number of aromatic nitrogens is 1. The van der Waals surface area contributed by atoms with Crippen molar-refractivity contribution in [1.82, 2.24) is 4.98 Å². The normalized spacial score (nSPS) is 13.4. The maximum absolute atomic E-state index is 13.1. The first kappa shape index (κ1) is 17.4. The molecule has 0 atom stereocenters. The van der Waals surface area contributed by atoms with E-state index in [0.717, 1.165) is 21.5 Å². The molecule has 1 amide bonds. The molecule has 0 fully saturated rings. The fraction of sp³-hybridized carbons (Fsp3) is 0.200. The number of amides is 1. The molecule has 1 aromatic heterocycles. The van der Waals surface area contributed by atoms with Gasteiger partial charge < -0.3 is 14.2 Å². The van der Waals surface area contributed by atoms with Crippen LogP contribution in [0.15, 0.2) is 60.6 Å². The SMILES string of the molecule is COc1ccc2nc(N(Cc3ccccc3)C(=O)C3=COCCO3)sc2c1. The fourth-order valence-electron chi connectivity index (χ4n) is 2.74. The zero-order chi connectivity index (χ0) is 18.6. The minimum absolute atomic E-state index is 0.189. The van der Waals surface area contributed by atoms with Crippen molar-refractivity contribution in [3.8, 4) is 5.75 Å². The van der Waals surface area contributed by atoms with Gasteiger partial charge in [-0.15, -0.1) is 0 Å². The van der Waals surface area contributed by atoms with E-state index in [-0.39, 0.29) is 11.7 Å². The molecule has 0 saturated carbocycles. The minimum Gasteiger partial charge on any atom is -0.497 e. The summed E-state index contributed by atoms with van der Waals surface area (Å²) < 4.78 is 17.0. The number of ether oxygens (including phenoxy) is 3. The van der Waals surface area contributed by atoms with E-state index in [9.17, 15) is 4.79 Å². The first-order valence-corrected chi connectivity index (χ1v) is 9.31. The molecule has 0 N–H and O–H groups in total. The topological polar surface area (TPSA) is 60.9 Å². The number of nitrogens with zero attached hydrogens (tertiary/aromatic N) is 2. The smallest absolute Gasteiger partial charge is 0.298 e. The van der Waals surface area contributed by atoms with E-state index >= 15 is 0 Å². The highest BCUT2D eigenvalue weighted by atomic mass is 32.1. The lowest BCUT2D eigenvalue weighted by Gasteiger charge is -2.23. The molecule has 0 bridgehead atoms. The zero-order valence-electron chi connectivity index (χ0n) is 14.8. The monoisotopic (exact) mass is 382 g/mol. The first-order chi connectivity index (χ1) is 13.2. The summed E-state index contributed by atoms with van der Waals surface area (Å²) in [4.78, 5) is 19.4. The van der Waals surface area contributed by atoms with E-state index in [4.69, 9.17) is 14.2 Å². The van der Waals surface area contributed by atoms with Gasteiger partial charge in [0.25, 0.3) is 5.91 Å². The van der Waals surface area contributed by atoms with Gasteiger partial charge in [-0.25, -0.2) is 4.98 Å². The highest BCUT2D eigenvalue weighted by Gasteiger charge is 2.26. The van der Waals surface area contributed by atoms with Gasteiger partial charge in [0, 0.05) is 0 Å². The van der Waals surface area contributed by atoms with Gasteiger partial charge in [0.15, 0.2) is 5.13 Å². The van der Waals surface area contributed by atoms with Crippen molar-refractivity contribution < 1.29 is 19.0 Å². The number of methoxy groups -OCH3 is 1. The van der Waals surface area contributed by atoms with Gasteiger partial charge in [0.05, 0.1) is 23.9 Å². The van der Waals surface area contributed by atoms with Crippen LogP contribution in [0.25, 0.3) is 10.2 Å². The Morgan fingerprint density at radius 2 is 2.07 bits per heavy atom. The molecule has 0 aliphatic carbocycles. The minimum atomic E-state index is -0.274. The van der Waals surface area contributed by atoms with Crippen LogP contribution in [0.4, 0.5) is 5.13 Å². The summed E-state index contributed by atoms with van der Waals surface area (Å²) in [6, 6.07) is 15.4. The molecule has 0 spiro atoms. The Morgan fingerprint density at radius 3 is 2.81 bits per heavy atom. The van der Waals surface area contributed by atoms with Crippen molar-refractivity contribution in [1.29, 1.82) is 0 Å². The van der Waals surface area contributed by atoms with Crippen molar-refractivity contribution in [3.63, 3.8) is 0 Å². The molecule has 2 aromatic carbocycles. The Labute approximate surface area is 160 Å². The molecule has 138 valence electrons. The quantitative estimate of drug-likeness (QED) is 0.673. The third-order valence-corrected chi connectivity index (χ3v) is 5.14. The Kier molecular flexibility index (Phi) is 4.93. The van der Waals surface area contributed by atoms with E-state index < -0.39 is 0 Å². The summed E-state index contributed by atoms with van der Waals surface area (Å²) in [6.07, 6.45) is 1.38. The van der Waals surface area contributed by atoms with Gasteiger partial charge in [-0.3, -0.25) is 9.69 Å². The van der Waals surface area contributed by atoms with Crippen molar-refractivity contribution >= 4 is 32.6 Å². The predicted molar refractivity (Wildman–Crippen MR) is 104 cm³/mol. The molecule has 2 heterocycles. The van der Waals surface area contributed by atoms with E-state index in [1.807, 2.05) is 48.5 Å². The number of carbonyl (C=O) groups is 1. The van der Waals surface area contributed by atoms with E-state index in [0.29, 0.717) is 24.9 Å². The van der Waals surface area contributed by atoms with Gasteiger partial charge in [-0.05, 0) is 23.8 Å². The maximum atomic E-state index is 13.1. The standard InChI is InChI=1S/C20H18N2O4S/c1-24-15-7-8-16-18(11-15)27-20(21-16)22(12-14-5-3-2-4-6-14)19(23)17-13-25-9-10-26-17/h2-8,11,13H,9-10,12H2,1H3. The van der Waals surface area contributed by atoms with Gasteiger partial charge in [0.2, 0.25) is 5.76 Å². The Bertz CT molecular complexity index is 984. The zero-order valence-corrected chi connectivity index (χ0v) is 15.6. The molecule has 1 aliphatic heterocycles. The first-order valence-electron chi connectivity index (χ1n) is 8.49. The Hall–Kier alpha value is -3.06. The highest BCUT2D eigenvalue weighted by molar-refractivity contribution is 7.22. The Balaban J connectivity index is 1.72. The van der Waals surface area contributed by atoms with Gasteiger partial charge in [-0.2, -0.15) is 0 Å². The second-order valence-electron chi connectivity index (χ2n) is 5.91. The summed E-state index contributed by atoms with van der Waals surface area (Å²) in [6.45, 7) is 1.18. The van der Waals surface area contributed by atoms with Crippen LogP contribution in [-0.2, 0) is 20.8 Å². The largest absolute Gasteiger partial charge is 0.497 e. The molecule has 0 radical (unpaired) electrons. The van der Waals surface area contributed by atoms with Crippen LogP contribution in [0, 0.1) is 0 Å². The summed E-state index contributed by atoms with van der Waals surface area (Å²) >= 11 is 1.44. The molecule has 6 nitrogen and oxygen atoms in total. The summed E-state index contributed by atoms with van der Waals surface area (Å²) in [7, 11) is 1.63. The van der Waals surface area contributed by atoms with Crippen LogP contribution in [0.1, 0.15) is 5.56 Å². The lowest BCUT2D eigenvalue weighted by molar-refractivity contribution is -0.119. The number of fused-ring (bicyclic) bond motifs is 1. The fourth-order valence-corrected chi connectivity index (χ4v) is 3.73. The maximum Gasteiger partial charge on any atom is 0.298 e. The van der Waals surface area contributed by atoms with Crippen molar-refractivity contribution in [2.24, 2.45) is 0 Å². The summed E-state index contributed by atoms with van der Waals surface area (Å²) in [5, 5.41) is 0.599. The molecule has 0 unspecified atom stereocenters. The lowest BCUT2D eigenvalue weighted by atomic mass is 10.2. The third-order valence-electron chi connectivity index (χ3n) is 4.10. The molecule has 4 rings (SSSR count). The number of benzene rings is 2. The third kappa shape index (κ3) is 3.73. The second-order valence-corrected chi connectivity index (χ2v) is 6.92. The lowest BCUT2D eigenvalue weighted by Crippen LogP contribution is -2.33. The van der Waals surface area contributed by atoms with Gasteiger partial charge in [0.1, 0.15) is 25.2 Å². The van der Waals surface area contributed by atoms with Crippen LogP contribution in [0.5, 0.6) is 5.75 Å². The average Bonchev–Trinajstić information content (AvgIpc) is 3.15.